The van der Waals surface area contributed by atoms with Crippen molar-refractivity contribution >= 4 is 43.8 Å². The molecule has 1 saturated heterocycles. The van der Waals surface area contributed by atoms with Gasteiger partial charge in [0.25, 0.3) is 0 Å². The molecule has 0 spiro atoms. The van der Waals surface area contributed by atoms with Gasteiger partial charge in [-0.1, -0.05) is 45.0 Å². The topological polar surface area (TPSA) is 209 Å². The second kappa shape index (κ2) is 11.1. The number of aromatic nitrogens is 4. The van der Waals surface area contributed by atoms with E-state index in [1.165, 1.54) is 16.5 Å². The zero-order valence-corrected chi connectivity index (χ0v) is 23.8. The minimum absolute atomic E-state index is 0.0252. The van der Waals surface area contributed by atoms with E-state index in [-0.39, 0.29) is 16.3 Å². The Labute approximate surface area is 228 Å². The van der Waals surface area contributed by atoms with Crippen molar-refractivity contribution in [3.8, 4) is 0 Å². The van der Waals surface area contributed by atoms with Crippen LogP contribution in [0, 0.1) is 0 Å². The van der Waals surface area contributed by atoms with Crippen LogP contribution in [0.1, 0.15) is 38.1 Å². The van der Waals surface area contributed by atoms with E-state index >= 15 is 0 Å². The Hall–Kier alpha value is -1.96. The Morgan fingerprint density at radius 1 is 1.10 bits per heavy atom. The van der Waals surface area contributed by atoms with Gasteiger partial charge in [0.15, 0.2) is 29.1 Å². The summed E-state index contributed by atoms with van der Waals surface area (Å²) in [6.07, 6.45) is -4.31. The Balaban J connectivity index is 1.50. The van der Waals surface area contributed by atoms with Crippen LogP contribution < -0.4 is 5.32 Å². The Morgan fingerprint density at radius 2 is 1.77 bits per heavy atom. The van der Waals surface area contributed by atoms with Crippen LogP contribution in [0.2, 0.25) is 5.28 Å². The fraction of sp³-hybridized carbons (Fsp3) is 0.500. The van der Waals surface area contributed by atoms with Gasteiger partial charge in [0.05, 0.1) is 12.9 Å². The number of ether oxygens (including phenoxy) is 1. The first-order chi connectivity index (χ1) is 18.0. The molecule has 3 heterocycles. The lowest BCUT2D eigenvalue weighted by Crippen LogP contribution is -2.33. The molecular formula is C22H30ClN5O9P2. The number of nitrogens with one attached hydrogen (secondary N) is 1. The quantitative estimate of drug-likeness (QED) is 0.153. The van der Waals surface area contributed by atoms with Crippen LogP contribution >= 0.6 is 26.8 Å². The van der Waals surface area contributed by atoms with E-state index in [0.29, 0.717) is 17.9 Å². The molecule has 0 radical (unpaired) electrons. The van der Waals surface area contributed by atoms with Crippen molar-refractivity contribution in [2.75, 3.05) is 17.8 Å². The lowest BCUT2D eigenvalue weighted by atomic mass is 9.87. The molecule has 2 unspecified atom stereocenters. The van der Waals surface area contributed by atoms with Gasteiger partial charge in [-0.3, -0.25) is 13.7 Å². The van der Waals surface area contributed by atoms with E-state index in [0.717, 1.165) is 5.56 Å². The number of rotatable bonds is 9. The van der Waals surface area contributed by atoms with E-state index in [1.54, 1.807) is 0 Å². The number of aliphatic hydroxyl groups is 2. The molecule has 0 amide bonds. The Kier molecular flexibility index (Phi) is 8.57. The summed E-state index contributed by atoms with van der Waals surface area (Å²) in [5.74, 6) is -1.07. The normalized spacial score (nSPS) is 23.7. The summed E-state index contributed by atoms with van der Waals surface area (Å²) in [6, 6.07) is 8.12. The highest BCUT2D eigenvalue weighted by Crippen LogP contribution is 2.55. The van der Waals surface area contributed by atoms with Crippen molar-refractivity contribution in [2.45, 2.75) is 57.3 Å². The highest BCUT2D eigenvalue weighted by atomic mass is 35.5. The van der Waals surface area contributed by atoms with Crippen LogP contribution in [0.25, 0.3) is 11.2 Å². The molecule has 1 fully saturated rings. The molecule has 3 aromatic rings. The van der Waals surface area contributed by atoms with Crippen LogP contribution in [0.15, 0.2) is 30.6 Å². The highest BCUT2D eigenvalue weighted by Gasteiger charge is 2.45. The predicted molar refractivity (Wildman–Crippen MR) is 141 cm³/mol. The van der Waals surface area contributed by atoms with E-state index in [2.05, 4.69) is 53.2 Å². The van der Waals surface area contributed by atoms with E-state index in [1.807, 2.05) is 12.1 Å². The number of anilines is 1. The summed E-state index contributed by atoms with van der Waals surface area (Å²) in [5, 5.41) is 24.1. The average Bonchev–Trinajstić information content (AvgIpc) is 3.35. The summed E-state index contributed by atoms with van der Waals surface area (Å²) in [5.41, 5.74) is 2.72. The van der Waals surface area contributed by atoms with Crippen molar-refractivity contribution in [3.05, 3.63) is 47.0 Å². The highest BCUT2D eigenvalue weighted by molar-refractivity contribution is 7.70. The van der Waals surface area contributed by atoms with Gasteiger partial charge < -0.3 is 39.5 Å². The fourth-order valence-electron chi connectivity index (χ4n) is 4.07. The molecule has 1 aromatic carbocycles. The predicted octanol–water partition coefficient (Wildman–Crippen LogP) is 2.35. The zero-order valence-electron chi connectivity index (χ0n) is 21.2. The first kappa shape index (κ1) is 30.0. The third-order valence-corrected chi connectivity index (χ3v) is 9.71. The minimum atomic E-state index is -4.84. The van der Waals surface area contributed by atoms with E-state index in [4.69, 9.17) is 30.6 Å². The van der Waals surface area contributed by atoms with Crippen molar-refractivity contribution in [1.82, 2.24) is 19.5 Å². The minimum Gasteiger partial charge on any atom is -0.387 e. The summed E-state index contributed by atoms with van der Waals surface area (Å²) in [4.78, 5) is 40.3. The largest absolute Gasteiger partial charge is 0.387 e. The fourth-order valence-corrected chi connectivity index (χ4v) is 6.80. The standard InChI is InChI=1S/C22H30ClN5O9P2/c1-22(2,3)13-6-4-12(5-7-13)8-24-18-15-19(27-21(23)26-18)28(10-25-15)20-17(30)16(29)14(37-20)9-36-39(34,35)11-38(31,32)33/h4-7,10,14,16-17,20,29-30H,8-9,11H2,1-3H3,(H,34,35)(H,24,26,27)(H2,31,32,33)/t14-,16-,17-,20?/m1/s1. The number of benzene rings is 1. The van der Waals surface area contributed by atoms with Gasteiger partial charge in [-0.2, -0.15) is 9.97 Å². The zero-order chi connectivity index (χ0) is 28.8. The number of hydrogen-bond acceptors (Lipinski definition) is 10. The van der Waals surface area contributed by atoms with E-state index in [9.17, 15) is 24.2 Å². The second-order valence-corrected chi connectivity index (χ2v) is 14.6. The summed E-state index contributed by atoms with van der Waals surface area (Å²) >= 11 is 6.16. The number of hydrogen-bond donors (Lipinski definition) is 6. The molecule has 39 heavy (non-hydrogen) atoms. The van der Waals surface area contributed by atoms with Crippen LogP contribution in [0.3, 0.4) is 0 Å². The molecule has 2 aromatic heterocycles. The van der Waals surface area contributed by atoms with Crippen LogP contribution in [0.4, 0.5) is 5.82 Å². The lowest BCUT2D eigenvalue weighted by Gasteiger charge is -2.19. The van der Waals surface area contributed by atoms with Gasteiger partial charge in [0.2, 0.25) is 5.28 Å². The monoisotopic (exact) mass is 605 g/mol. The van der Waals surface area contributed by atoms with Crippen molar-refractivity contribution < 1.29 is 43.3 Å². The molecule has 0 bridgehead atoms. The molecule has 1 aliphatic heterocycles. The van der Waals surface area contributed by atoms with Crippen molar-refractivity contribution in [1.29, 1.82) is 0 Å². The SMILES string of the molecule is CC(C)(C)c1ccc(CNc2nc(Cl)nc3c2ncn3C2O[C@H](COP(=O)(O)CP(=O)(O)O)[C@@H](O)[C@H]2O)cc1. The number of imidazole rings is 1. The molecule has 1 aliphatic rings. The smallest absolute Gasteiger partial charge is 0.340 e. The van der Waals surface area contributed by atoms with Gasteiger partial charge in [0, 0.05) is 6.54 Å². The molecule has 0 aliphatic carbocycles. The van der Waals surface area contributed by atoms with Gasteiger partial charge in [0.1, 0.15) is 18.3 Å². The summed E-state index contributed by atoms with van der Waals surface area (Å²) < 4.78 is 34.7. The summed E-state index contributed by atoms with van der Waals surface area (Å²) in [6.45, 7) is 6.09. The number of fused-ring (bicyclic) bond motifs is 1. The molecule has 5 atom stereocenters. The molecule has 17 heteroatoms. The van der Waals surface area contributed by atoms with Crippen LogP contribution in [0.5, 0.6) is 0 Å². The second-order valence-electron chi connectivity index (χ2n) is 10.3. The molecule has 6 N–H and O–H groups in total. The van der Waals surface area contributed by atoms with Crippen molar-refractivity contribution in [3.63, 3.8) is 0 Å². The third-order valence-electron chi connectivity index (χ3n) is 6.09. The Morgan fingerprint density at radius 3 is 2.38 bits per heavy atom. The molecule has 0 saturated carbocycles. The lowest BCUT2D eigenvalue weighted by molar-refractivity contribution is -0.0483. The maximum Gasteiger partial charge on any atom is 0.340 e. The number of aliphatic hydroxyl groups excluding tert-OH is 2. The van der Waals surface area contributed by atoms with E-state index < -0.39 is 52.2 Å². The van der Waals surface area contributed by atoms with Crippen LogP contribution in [-0.4, -0.2) is 75.2 Å². The van der Waals surface area contributed by atoms with Gasteiger partial charge in [-0.05, 0) is 28.1 Å². The first-order valence-electron chi connectivity index (χ1n) is 11.8. The molecule has 4 rings (SSSR count). The first-order valence-corrected chi connectivity index (χ1v) is 15.7. The maximum atomic E-state index is 11.9. The average molecular weight is 606 g/mol. The number of halogens is 1. The third kappa shape index (κ3) is 7.22. The maximum absolute atomic E-state index is 11.9. The molecule has 214 valence electrons. The Bertz CT molecular complexity index is 1430. The molecule has 14 nitrogen and oxygen atoms in total. The molecular weight excluding hydrogens is 576 g/mol. The van der Waals surface area contributed by atoms with Crippen molar-refractivity contribution in [2.24, 2.45) is 0 Å². The number of nitrogens with zero attached hydrogens (tertiary/aromatic N) is 4. The van der Waals surface area contributed by atoms with Gasteiger partial charge in [-0.25, -0.2) is 4.98 Å². The van der Waals surface area contributed by atoms with Gasteiger partial charge >= 0.3 is 15.2 Å². The summed E-state index contributed by atoms with van der Waals surface area (Å²) in [7, 11) is -9.53. The van der Waals surface area contributed by atoms with Gasteiger partial charge in [-0.15, -0.1) is 0 Å². The van der Waals surface area contributed by atoms with Crippen LogP contribution in [-0.2, 0) is 30.4 Å².